The van der Waals surface area contributed by atoms with Gasteiger partial charge in [0.1, 0.15) is 0 Å². The van der Waals surface area contributed by atoms with Crippen LogP contribution in [0.5, 0.6) is 0 Å². The number of aromatic nitrogens is 1. The zero-order valence-corrected chi connectivity index (χ0v) is 17.5. The third-order valence-corrected chi connectivity index (χ3v) is 6.85. The van der Waals surface area contributed by atoms with Crippen LogP contribution in [0, 0.1) is 18.8 Å². The first-order valence-corrected chi connectivity index (χ1v) is 10.8. The normalized spacial score (nSPS) is 16.1. The van der Waals surface area contributed by atoms with E-state index < -0.39 is 0 Å². The molecule has 146 valence electrons. The second kappa shape index (κ2) is 8.47. The van der Waals surface area contributed by atoms with Crippen LogP contribution in [0.15, 0.2) is 41.4 Å². The first-order chi connectivity index (χ1) is 12.9. The lowest BCUT2D eigenvalue weighted by molar-refractivity contribution is 0.318. The summed E-state index contributed by atoms with van der Waals surface area (Å²) in [6.45, 7) is 10.8. The first kappa shape index (κ1) is 19.9. The second-order valence-electron chi connectivity index (χ2n) is 8.32. The van der Waals surface area contributed by atoms with Gasteiger partial charge >= 0.3 is 4.87 Å². The number of aliphatic hydroxyl groups excluding tert-OH is 1. The molecule has 0 amide bonds. The van der Waals surface area contributed by atoms with Gasteiger partial charge in [-0.05, 0) is 49.1 Å². The first-order valence-electron chi connectivity index (χ1n) is 10.0. The number of allylic oxidation sites excluding steroid dienone is 1. The predicted molar refractivity (Wildman–Crippen MR) is 114 cm³/mol. The van der Waals surface area contributed by atoms with Gasteiger partial charge in [-0.15, -0.1) is 0 Å². The molecular formula is C23H31NO2S. The number of aliphatic hydroxyl groups is 1. The SMILES string of the molecule is C=C(O)C(c1ccc(Cn2c(C)c(CC(C)C)sc2=O)cc1)C1CCCC1. The van der Waals surface area contributed by atoms with Gasteiger partial charge in [0.25, 0.3) is 0 Å². The summed E-state index contributed by atoms with van der Waals surface area (Å²) < 4.78 is 1.89. The van der Waals surface area contributed by atoms with E-state index in [0.29, 0.717) is 18.4 Å². The Morgan fingerprint density at radius 1 is 1.26 bits per heavy atom. The van der Waals surface area contributed by atoms with Crippen LogP contribution in [-0.4, -0.2) is 9.67 Å². The molecule has 2 aromatic rings. The summed E-state index contributed by atoms with van der Waals surface area (Å²) in [5.74, 6) is 1.35. The van der Waals surface area contributed by atoms with Gasteiger partial charge in [0.15, 0.2) is 0 Å². The topological polar surface area (TPSA) is 42.2 Å². The van der Waals surface area contributed by atoms with E-state index in [1.807, 2.05) is 4.57 Å². The van der Waals surface area contributed by atoms with E-state index in [1.165, 1.54) is 29.1 Å². The number of benzene rings is 1. The lowest BCUT2D eigenvalue weighted by Crippen LogP contribution is -2.16. The maximum atomic E-state index is 12.4. The minimum Gasteiger partial charge on any atom is -0.512 e. The summed E-state index contributed by atoms with van der Waals surface area (Å²) in [5.41, 5.74) is 3.34. The molecule has 1 saturated carbocycles. The standard InChI is InChI=1S/C23H31NO2S/c1-15(2)13-21-16(3)24(23(26)27-21)14-18-9-11-20(12-10-18)22(17(4)25)19-7-5-6-8-19/h9-12,15,19,22,25H,4-8,13-14H2,1-3H3. The number of rotatable bonds is 7. The minimum atomic E-state index is 0.0322. The van der Waals surface area contributed by atoms with Crippen molar-refractivity contribution in [3.05, 3.63) is 68.0 Å². The van der Waals surface area contributed by atoms with Gasteiger partial charge < -0.3 is 5.11 Å². The van der Waals surface area contributed by atoms with Crippen molar-refractivity contribution in [2.24, 2.45) is 11.8 Å². The van der Waals surface area contributed by atoms with E-state index in [2.05, 4.69) is 51.6 Å². The molecule has 1 unspecified atom stereocenters. The van der Waals surface area contributed by atoms with Gasteiger partial charge in [-0.25, -0.2) is 0 Å². The highest BCUT2D eigenvalue weighted by atomic mass is 32.1. The molecule has 0 bridgehead atoms. The third kappa shape index (κ3) is 4.55. The molecule has 0 aliphatic heterocycles. The molecule has 3 nitrogen and oxygen atoms in total. The van der Waals surface area contributed by atoms with Crippen LogP contribution in [0.2, 0.25) is 0 Å². The molecule has 1 heterocycles. The summed E-state index contributed by atoms with van der Waals surface area (Å²) in [6, 6.07) is 8.38. The van der Waals surface area contributed by atoms with Crippen molar-refractivity contribution in [1.82, 2.24) is 4.57 Å². The van der Waals surface area contributed by atoms with Gasteiger partial charge in [-0.2, -0.15) is 0 Å². The molecule has 0 saturated heterocycles. The Balaban J connectivity index is 1.79. The van der Waals surface area contributed by atoms with Gasteiger partial charge in [0.05, 0.1) is 12.3 Å². The van der Waals surface area contributed by atoms with Crippen molar-refractivity contribution in [3.63, 3.8) is 0 Å². The van der Waals surface area contributed by atoms with Gasteiger partial charge in [-0.1, -0.05) is 68.9 Å². The largest absolute Gasteiger partial charge is 0.512 e. The molecule has 1 atom stereocenters. The fraction of sp³-hybridized carbons (Fsp3) is 0.522. The molecule has 3 rings (SSSR count). The highest BCUT2D eigenvalue weighted by Gasteiger charge is 2.28. The van der Waals surface area contributed by atoms with Crippen molar-refractivity contribution in [2.45, 2.75) is 65.3 Å². The smallest absolute Gasteiger partial charge is 0.307 e. The lowest BCUT2D eigenvalue weighted by atomic mass is 9.83. The number of thiazole rings is 1. The molecule has 0 spiro atoms. The Kier molecular flexibility index (Phi) is 6.25. The van der Waals surface area contributed by atoms with Gasteiger partial charge in [0.2, 0.25) is 0 Å². The molecule has 4 heteroatoms. The molecule has 1 aromatic heterocycles. The van der Waals surface area contributed by atoms with E-state index in [1.54, 1.807) is 0 Å². The van der Waals surface area contributed by atoms with Gasteiger partial charge in [0, 0.05) is 16.5 Å². The molecule has 1 N–H and O–H groups in total. The molecular weight excluding hydrogens is 354 g/mol. The van der Waals surface area contributed by atoms with Crippen molar-refractivity contribution >= 4 is 11.3 Å². The Morgan fingerprint density at radius 3 is 2.44 bits per heavy atom. The Bertz CT molecular complexity index is 838. The number of hydrogen-bond donors (Lipinski definition) is 1. The summed E-state index contributed by atoms with van der Waals surface area (Å²) in [6.07, 6.45) is 5.76. The minimum absolute atomic E-state index is 0.0322. The van der Waals surface area contributed by atoms with E-state index in [-0.39, 0.29) is 16.6 Å². The predicted octanol–water partition coefficient (Wildman–Crippen LogP) is 5.81. The monoisotopic (exact) mass is 385 g/mol. The van der Waals surface area contributed by atoms with E-state index in [0.717, 1.165) is 36.1 Å². The molecule has 1 aliphatic rings. The van der Waals surface area contributed by atoms with Crippen molar-refractivity contribution in [2.75, 3.05) is 0 Å². The van der Waals surface area contributed by atoms with Crippen molar-refractivity contribution in [3.8, 4) is 0 Å². The maximum Gasteiger partial charge on any atom is 0.307 e. The summed E-state index contributed by atoms with van der Waals surface area (Å²) in [5, 5.41) is 10.1. The molecule has 0 radical (unpaired) electrons. The van der Waals surface area contributed by atoms with Crippen LogP contribution >= 0.6 is 11.3 Å². The van der Waals surface area contributed by atoms with Crippen LogP contribution in [0.25, 0.3) is 0 Å². The fourth-order valence-electron chi connectivity index (χ4n) is 4.31. The lowest BCUT2D eigenvalue weighted by Gasteiger charge is -2.23. The Hall–Kier alpha value is -1.81. The summed E-state index contributed by atoms with van der Waals surface area (Å²) in [7, 11) is 0. The maximum absolute atomic E-state index is 12.4. The van der Waals surface area contributed by atoms with Crippen LogP contribution in [0.4, 0.5) is 0 Å². The second-order valence-corrected chi connectivity index (χ2v) is 9.36. The average Bonchev–Trinajstić information content (AvgIpc) is 3.20. The van der Waals surface area contributed by atoms with Crippen LogP contribution < -0.4 is 4.87 Å². The molecule has 1 aliphatic carbocycles. The van der Waals surface area contributed by atoms with E-state index >= 15 is 0 Å². The van der Waals surface area contributed by atoms with E-state index in [9.17, 15) is 9.90 Å². The molecule has 1 fully saturated rings. The highest BCUT2D eigenvalue weighted by Crippen LogP contribution is 2.40. The third-order valence-electron chi connectivity index (χ3n) is 5.74. The van der Waals surface area contributed by atoms with Crippen LogP contribution in [0.1, 0.15) is 67.1 Å². The zero-order valence-electron chi connectivity index (χ0n) is 16.7. The number of nitrogens with zero attached hydrogens (tertiary/aromatic N) is 1. The highest BCUT2D eigenvalue weighted by molar-refractivity contribution is 7.09. The molecule has 1 aromatic carbocycles. The molecule has 27 heavy (non-hydrogen) atoms. The fourth-order valence-corrected chi connectivity index (χ4v) is 5.50. The summed E-state index contributed by atoms with van der Waals surface area (Å²) in [4.78, 5) is 13.7. The van der Waals surface area contributed by atoms with Crippen LogP contribution in [-0.2, 0) is 13.0 Å². The van der Waals surface area contributed by atoms with E-state index in [4.69, 9.17) is 0 Å². The average molecular weight is 386 g/mol. The Morgan fingerprint density at radius 2 is 1.89 bits per heavy atom. The van der Waals surface area contributed by atoms with Crippen molar-refractivity contribution in [1.29, 1.82) is 0 Å². The van der Waals surface area contributed by atoms with Crippen LogP contribution in [0.3, 0.4) is 0 Å². The quantitative estimate of drug-likeness (QED) is 0.611. The zero-order chi connectivity index (χ0) is 19.6. The Labute approximate surface area is 166 Å². The van der Waals surface area contributed by atoms with Crippen molar-refractivity contribution < 1.29 is 5.11 Å². The number of hydrogen-bond acceptors (Lipinski definition) is 3. The summed E-state index contributed by atoms with van der Waals surface area (Å²) >= 11 is 1.38. The van der Waals surface area contributed by atoms with Gasteiger partial charge in [-0.3, -0.25) is 9.36 Å².